The average molecular weight is 302 g/mol. The van der Waals surface area contributed by atoms with E-state index in [-0.39, 0.29) is 5.57 Å². The minimum atomic E-state index is -1.64. The summed E-state index contributed by atoms with van der Waals surface area (Å²) in [6, 6.07) is 0. The Bertz CT molecular complexity index is 269. The van der Waals surface area contributed by atoms with Crippen LogP contribution in [0, 0.1) is 5.92 Å². The highest BCUT2D eigenvalue weighted by molar-refractivity contribution is 6.69. The van der Waals surface area contributed by atoms with Gasteiger partial charge in [-0.25, -0.2) is 4.79 Å². The first-order valence-corrected chi connectivity index (χ1v) is 6.95. The minimum absolute atomic E-state index is 0.188. The Hall–Kier alpha value is 0.0800. The van der Waals surface area contributed by atoms with Gasteiger partial charge in [-0.2, -0.15) is 0 Å². The molecule has 0 aliphatic carbocycles. The van der Waals surface area contributed by atoms with Gasteiger partial charge in [-0.1, -0.05) is 74.3 Å². The highest BCUT2D eigenvalue weighted by Crippen LogP contribution is 2.31. The molecular formula is C12H19Cl3O2. The highest BCUT2D eigenvalue weighted by Gasteiger charge is 2.22. The molecule has 0 aromatic rings. The van der Waals surface area contributed by atoms with Gasteiger partial charge in [0.1, 0.15) is 0 Å². The van der Waals surface area contributed by atoms with Crippen LogP contribution in [0.3, 0.4) is 0 Å². The van der Waals surface area contributed by atoms with E-state index in [2.05, 4.69) is 13.8 Å². The molecule has 0 fully saturated rings. The summed E-state index contributed by atoms with van der Waals surface area (Å²) in [6.07, 6.45) is 5.81. The highest BCUT2D eigenvalue weighted by atomic mass is 35.6. The molecule has 0 aliphatic heterocycles. The van der Waals surface area contributed by atoms with Crippen LogP contribution in [0.5, 0.6) is 0 Å². The van der Waals surface area contributed by atoms with Crippen molar-refractivity contribution < 1.29 is 9.90 Å². The van der Waals surface area contributed by atoms with E-state index in [1.165, 1.54) is 6.08 Å². The van der Waals surface area contributed by atoms with E-state index in [4.69, 9.17) is 39.9 Å². The summed E-state index contributed by atoms with van der Waals surface area (Å²) in [7, 11) is 0. The van der Waals surface area contributed by atoms with Crippen molar-refractivity contribution in [3.05, 3.63) is 11.6 Å². The van der Waals surface area contributed by atoms with E-state index in [1.807, 2.05) is 0 Å². The van der Waals surface area contributed by atoms with Gasteiger partial charge in [0, 0.05) is 5.57 Å². The van der Waals surface area contributed by atoms with E-state index in [0.29, 0.717) is 12.3 Å². The lowest BCUT2D eigenvalue weighted by Crippen LogP contribution is -2.11. The summed E-state index contributed by atoms with van der Waals surface area (Å²) < 4.78 is -1.64. The first-order chi connectivity index (χ1) is 7.80. The standard InChI is InChI=1S/C12H19Cl3O2/c1-3-5-6-9(4-2)7-10(11(16)17)8-12(13,14)15/h8-9H,3-7H2,1-2H3,(H,16,17). The molecule has 0 heterocycles. The number of aliphatic carboxylic acids is 1. The summed E-state index contributed by atoms with van der Waals surface area (Å²) in [5.74, 6) is -0.670. The first kappa shape index (κ1) is 17.1. The van der Waals surface area contributed by atoms with Crippen molar-refractivity contribution in [1.29, 1.82) is 0 Å². The second-order valence-corrected chi connectivity index (χ2v) is 6.51. The third-order valence-electron chi connectivity index (χ3n) is 2.66. The fourth-order valence-electron chi connectivity index (χ4n) is 1.66. The Morgan fingerprint density at radius 3 is 2.29 bits per heavy atom. The molecule has 2 nitrogen and oxygen atoms in total. The fraction of sp³-hybridized carbons (Fsp3) is 0.750. The van der Waals surface area contributed by atoms with E-state index < -0.39 is 9.76 Å². The lowest BCUT2D eigenvalue weighted by molar-refractivity contribution is -0.132. The third-order valence-corrected chi connectivity index (χ3v) is 2.99. The second-order valence-electron chi connectivity index (χ2n) is 4.14. The molecule has 0 spiro atoms. The summed E-state index contributed by atoms with van der Waals surface area (Å²) in [6.45, 7) is 4.16. The van der Waals surface area contributed by atoms with Crippen LogP contribution in [0.15, 0.2) is 11.6 Å². The van der Waals surface area contributed by atoms with Crippen LogP contribution < -0.4 is 0 Å². The van der Waals surface area contributed by atoms with Crippen LogP contribution in [-0.2, 0) is 4.79 Å². The Labute approximate surface area is 118 Å². The summed E-state index contributed by atoms with van der Waals surface area (Å²) in [5, 5.41) is 9.06. The van der Waals surface area contributed by atoms with Gasteiger partial charge < -0.3 is 5.11 Å². The van der Waals surface area contributed by atoms with Crippen molar-refractivity contribution in [2.24, 2.45) is 5.92 Å². The maximum absolute atomic E-state index is 11.1. The number of alkyl halides is 3. The number of hydrogen-bond acceptors (Lipinski definition) is 1. The number of carboxylic acid groups (broad SMARTS) is 1. The Morgan fingerprint density at radius 2 is 1.94 bits per heavy atom. The number of hydrogen-bond donors (Lipinski definition) is 1. The smallest absolute Gasteiger partial charge is 0.331 e. The van der Waals surface area contributed by atoms with E-state index in [1.54, 1.807) is 0 Å². The lowest BCUT2D eigenvalue weighted by Gasteiger charge is -2.16. The molecule has 0 aromatic heterocycles. The quantitative estimate of drug-likeness (QED) is 0.532. The van der Waals surface area contributed by atoms with Crippen LogP contribution in [0.4, 0.5) is 0 Å². The molecule has 1 N–H and O–H groups in total. The molecule has 0 aromatic carbocycles. The van der Waals surface area contributed by atoms with Crippen LogP contribution in [0.1, 0.15) is 46.0 Å². The number of carbonyl (C=O) groups is 1. The normalized spacial score (nSPS) is 14.8. The molecule has 0 rings (SSSR count). The Morgan fingerprint density at radius 1 is 1.35 bits per heavy atom. The zero-order chi connectivity index (χ0) is 13.5. The second kappa shape index (κ2) is 8.23. The molecular weight excluding hydrogens is 282 g/mol. The number of allylic oxidation sites excluding steroid dienone is 1. The van der Waals surface area contributed by atoms with Crippen molar-refractivity contribution in [2.45, 2.75) is 49.7 Å². The molecule has 0 aliphatic rings. The number of carboxylic acids is 1. The molecule has 17 heavy (non-hydrogen) atoms. The fourth-order valence-corrected chi connectivity index (χ4v) is 2.05. The first-order valence-electron chi connectivity index (χ1n) is 5.81. The number of halogens is 3. The van der Waals surface area contributed by atoms with E-state index >= 15 is 0 Å². The van der Waals surface area contributed by atoms with Crippen LogP contribution >= 0.6 is 34.8 Å². The third kappa shape index (κ3) is 8.76. The Balaban J connectivity index is 4.63. The van der Waals surface area contributed by atoms with Gasteiger partial charge in [0.25, 0.3) is 0 Å². The topological polar surface area (TPSA) is 37.3 Å². The van der Waals surface area contributed by atoms with Crippen molar-refractivity contribution in [2.75, 3.05) is 0 Å². The molecule has 0 amide bonds. The number of unbranched alkanes of at least 4 members (excludes halogenated alkanes) is 1. The molecule has 0 saturated carbocycles. The monoisotopic (exact) mass is 300 g/mol. The molecule has 5 heteroatoms. The maximum atomic E-state index is 11.1. The predicted molar refractivity (Wildman–Crippen MR) is 73.9 cm³/mol. The van der Waals surface area contributed by atoms with Gasteiger partial charge in [0.2, 0.25) is 3.79 Å². The minimum Gasteiger partial charge on any atom is -0.478 e. The van der Waals surface area contributed by atoms with Gasteiger partial charge in [-0.05, 0) is 18.4 Å². The summed E-state index contributed by atoms with van der Waals surface area (Å²) in [4.78, 5) is 11.1. The molecule has 100 valence electrons. The molecule has 0 saturated heterocycles. The van der Waals surface area contributed by atoms with Gasteiger partial charge in [-0.3, -0.25) is 0 Å². The van der Waals surface area contributed by atoms with Crippen molar-refractivity contribution in [3.8, 4) is 0 Å². The largest absolute Gasteiger partial charge is 0.478 e. The molecule has 0 bridgehead atoms. The van der Waals surface area contributed by atoms with Crippen molar-refractivity contribution in [3.63, 3.8) is 0 Å². The summed E-state index contributed by atoms with van der Waals surface area (Å²) >= 11 is 16.8. The predicted octanol–water partition coefficient (Wildman–Crippen LogP) is 4.97. The van der Waals surface area contributed by atoms with Gasteiger partial charge in [0.05, 0.1) is 0 Å². The van der Waals surface area contributed by atoms with Gasteiger partial charge in [-0.15, -0.1) is 0 Å². The van der Waals surface area contributed by atoms with E-state index in [9.17, 15) is 4.79 Å². The van der Waals surface area contributed by atoms with Crippen LogP contribution in [0.2, 0.25) is 0 Å². The van der Waals surface area contributed by atoms with Crippen molar-refractivity contribution in [1.82, 2.24) is 0 Å². The zero-order valence-electron chi connectivity index (χ0n) is 10.2. The van der Waals surface area contributed by atoms with E-state index in [0.717, 1.165) is 25.7 Å². The summed E-state index contributed by atoms with van der Waals surface area (Å²) in [5.41, 5.74) is 0.188. The molecule has 1 unspecified atom stereocenters. The zero-order valence-corrected chi connectivity index (χ0v) is 12.4. The SMILES string of the molecule is CCCCC(CC)CC(=CC(Cl)(Cl)Cl)C(=O)O. The van der Waals surface area contributed by atoms with Gasteiger partial charge in [0.15, 0.2) is 0 Å². The maximum Gasteiger partial charge on any atom is 0.331 e. The molecule has 1 atom stereocenters. The number of rotatable bonds is 7. The Kier molecular flexibility index (Phi) is 8.27. The van der Waals surface area contributed by atoms with Gasteiger partial charge >= 0.3 is 5.97 Å². The lowest BCUT2D eigenvalue weighted by atomic mass is 9.92. The average Bonchev–Trinajstić information content (AvgIpc) is 2.20. The molecule has 0 radical (unpaired) electrons. The van der Waals surface area contributed by atoms with Crippen molar-refractivity contribution >= 4 is 40.8 Å². The van der Waals surface area contributed by atoms with Crippen LogP contribution in [0.25, 0.3) is 0 Å². The van der Waals surface area contributed by atoms with Crippen LogP contribution in [-0.4, -0.2) is 14.9 Å².